The molecule has 0 spiro atoms. The van der Waals surface area contributed by atoms with Crippen LogP contribution in [0.3, 0.4) is 0 Å². The van der Waals surface area contributed by atoms with Gasteiger partial charge in [-0.05, 0) is 64.2 Å². The Balaban J connectivity index is 1.80. The van der Waals surface area contributed by atoms with E-state index in [1.807, 2.05) is 66.1 Å². The van der Waals surface area contributed by atoms with Crippen LogP contribution in [0.1, 0.15) is 70.4 Å². The van der Waals surface area contributed by atoms with Gasteiger partial charge in [0.05, 0.1) is 25.7 Å². The number of anilines is 1. The van der Waals surface area contributed by atoms with Crippen LogP contribution in [0, 0.1) is 0 Å². The average molecular weight is 658 g/mol. The highest BCUT2D eigenvalue weighted by atomic mass is 32.2. The molecule has 2 aliphatic heterocycles. The summed E-state index contributed by atoms with van der Waals surface area (Å²) in [6, 6.07) is 15.7. The summed E-state index contributed by atoms with van der Waals surface area (Å²) in [6.45, 7) is 7.13. The molecule has 0 saturated carbocycles. The number of hydrogen-bond donors (Lipinski definition) is 1. The van der Waals surface area contributed by atoms with Crippen LogP contribution >= 0.6 is 0 Å². The third-order valence-electron chi connectivity index (χ3n) is 9.03. The smallest absolute Gasteiger partial charge is 0.303 e. The van der Waals surface area contributed by atoms with Crippen molar-refractivity contribution in [3.63, 3.8) is 0 Å². The summed E-state index contributed by atoms with van der Waals surface area (Å²) >= 11 is 0. The molecule has 2 heterocycles. The van der Waals surface area contributed by atoms with Gasteiger partial charge in [-0.1, -0.05) is 42.5 Å². The maximum atomic E-state index is 11.5. The molecule has 1 N–H and O–H groups in total. The number of likely N-dealkylation sites (N-methyl/N-ethyl adjacent to an activating group) is 1. The third-order valence-corrected chi connectivity index (χ3v) is 10.6. The fourth-order valence-corrected chi connectivity index (χ4v) is 7.94. The molecule has 2 aliphatic rings. The van der Waals surface area contributed by atoms with E-state index in [0.29, 0.717) is 25.8 Å². The lowest BCUT2D eigenvalue weighted by Crippen LogP contribution is -2.32. The molecule has 0 bridgehead atoms. The Kier molecular flexibility index (Phi) is 10.4. The molecule has 0 saturated heterocycles. The summed E-state index contributed by atoms with van der Waals surface area (Å²) in [4.78, 5) is 13.6. The first-order valence-corrected chi connectivity index (χ1v) is 18.4. The van der Waals surface area contributed by atoms with Crippen LogP contribution in [0.5, 0.6) is 0 Å². The number of carbonyl (C=O) groups is 1. The zero-order valence-electron chi connectivity index (χ0n) is 25.9. The molecule has 2 aromatic rings. The van der Waals surface area contributed by atoms with E-state index in [1.165, 1.54) is 0 Å². The minimum atomic E-state index is -4.42. The summed E-state index contributed by atoms with van der Waals surface area (Å²) in [6.07, 6.45) is 7.70. The van der Waals surface area contributed by atoms with Crippen LogP contribution in [0.2, 0.25) is 0 Å². The lowest BCUT2D eigenvalue weighted by Gasteiger charge is -2.30. The largest absolute Gasteiger partial charge is 0.748 e. The first-order valence-electron chi connectivity index (χ1n) is 15.2. The fourth-order valence-electron chi connectivity index (χ4n) is 6.96. The topological polar surface area (TPSA) is 158 Å². The van der Waals surface area contributed by atoms with Crippen LogP contribution in [-0.4, -0.2) is 71.9 Å². The number of allylic oxidation sites excluding steroid dienone is 4. The fraction of sp³-hybridized carbons (Fsp3) is 0.455. The summed E-state index contributed by atoms with van der Waals surface area (Å²) < 4.78 is 70.6. The summed E-state index contributed by atoms with van der Waals surface area (Å²) in [7, 11) is -8.83. The second-order valence-electron chi connectivity index (χ2n) is 12.1. The lowest BCUT2D eigenvalue weighted by molar-refractivity contribution is -0.437. The van der Waals surface area contributed by atoms with Gasteiger partial charge in [-0.25, -0.2) is 16.8 Å². The number of nitrogens with zero attached hydrogens (tertiary/aromatic N) is 2. The highest BCUT2D eigenvalue weighted by Gasteiger charge is 2.47. The Hall–Kier alpha value is -3.32. The zero-order valence-corrected chi connectivity index (χ0v) is 27.6. The molecule has 244 valence electrons. The quantitative estimate of drug-likeness (QED) is 0.210. The molecule has 0 fully saturated rings. The van der Waals surface area contributed by atoms with Crippen molar-refractivity contribution >= 4 is 43.3 Å². The van der Waals surface area contributed by atoms with E-state index in [2.05, 4.69) is 30.9 Å². The second kappa shape index (κ2) is 13.6. The molecular formula is C33H41N2O8S2-. The molecule has 4 rings (SSSR count). The minimum absolute atomic E-state index is 0.0641. The number of carboxylic acids is 1. The molecular weight excluding hydrogens is 617 g/mol. The molecule has 2 aromatic carbocycles. The van der Waals surface area contributed by atoms with Gasteiger partial charge in [0.2, 0.25) is 5.69 Å². The van der Waals surface area contributed by atoms with Gasteiger partial charge < -0.3 is 19.1 Å². The number of para-hydroxylation sites is 2. The van der Waals surface area contributed by atoms with Gasteiger partial charge in [-0.15, -0.1) is 0 Å². The standard InChI is InChI=1S/C33H42N2O8S2/c1-4-34-27-15-7-5-13-25(27)32(2,20-10-19-31(36)37)29(34)17-9-18-30-33(3,21-11-23-44(38,39)40)26-14-6-8-16-28(26)35(30)22-12-24-45(41,42)43/h5-9,13-18H,4,10-12,19-24H2,1-3H3,(H2-,36,37,38,39,40,41,42,43)/p-1. The highest BCUT2D eigenvalue weighted by molar-refractivity contribution is 7.85. The molecule has 45 heavy (non-hydrogen) atoms. The summed E-state index contributed by atoms with van der Waals surface area (Å²) in [5.41, 5.74) is 4.65. The molecule has 0 aromatic heterocycles. The molecule has 0 aliphatic carbocycles. The van der Waals surface area contributed by atoms with Crippen molar-refractivity contribution in [2.75, 3.05) is 29.5 Å². The van der Waals surface area contributed by atoms with Crippen molar-refractivity contribution in [1.82, 2.24) is 0 Å². The Bertz CT molecular complexity index is 1750. The summed E-state index contributed by atoms with van der Waals surface area (Å²) in [5.74, 6) is -1.86. The lowest BCUT2D eigenvalue weighted by atomic mass is 9.75. The second-order valence-corrected chi connectivity index (χ2v) is 15.2. The molecule has 2 atom stereocenters. The first kappa shape index (κ1) is 34.6. The van der Waals surface area contributed by atoms with E-state index in [0.717, 1.165) is 33.9 Å². The van der Waals surface area contributed by atoms with Crippen molar-refractivity contribution in [3.8, 4) is 0 Å². The van der Waals surface area contributed by atoms with E-state index in [-0.39, 0.29) is 25.8 Å². The zero-order chi connectivity index (χ0) is 33.0. The number of aliphatic carboxylic acids is 1. The van der Waals surface area contributed by atoms with Crippen LogP contribution in [-0.2, 0) is 35.9 Å². The van der Waals surface area contributed by atoms with Crippen molar-refractivity contribution in [1.29, 1.82) is 0 Å². The third kappa shape index (κ3) is 7.74. The minimum Gasteiger partial charge on any atom is -0.748 e. The van der Waals surface area contributed by atoms with Crippen LogP contribution in [0.25, 0.3) is 0 Å². The number of carboxylic acid groups (broad SMARTS) is 1. The van der Waals surface area contributed by atoms with Crippen LogP contribution < -0.4 is 4.90 Å². The molecule has 10 nitrogen and oxygen atoms in total. The number of hydrogen-bond acceptors (Lipinski definition) is 8. The molecule has 2 unspecified atom stereocenters. The molecule has 0 amide bonds. The van der Waals surface area contributed by atoms with Crippen molar-refractivity contribution in [2.45, 2.75) is 70.1 Å². The van der Waals surface area contributed by atoms with Crippen molar-refractivity contribution in [2.24, 2.45) is 0 Å². The maximum absolute atomic E-state index is 11.5. The van der Waals surface area contributed by atoms with Crippen LogP contribution in [0.15, 0.2) is 72.5 Å². The van der Waals surface area contributed by atoms with Gasteiger partial charge in [0.25, 0.3) is 0 Å². The van der Waals surface area contributed by atoms with Gasteiger partial charge in [-0.3, -0.25) is 4.79 Å². The molecule has 0 radical (unpaired) electrons. The Morgan fingerprint density at radius 3 is 2.13 bits per heavy atom. The van der Waals surface area contributed by atoms with Crippen LogP contribution in [0.4, 0.5) is 11.4 Å². The molecule has 12 heteroatoms. The van der Waals surface area contributed by atoms with E-state index >= 15 is 0 Å². The van der Waals surface area contributed by atoms with E-state index in [9.17, 15) is 35.8 Å². The Morgan fingerprint density at radius 2 is 1.49 bits per heavy atom. The highest BCUT2D eigenvalue weighted by Crippen LogP contribution is 2.50. The van der Waals surface area contributed by atoms with E-state index in [4.69, 9.17) is 0 Å². The normalized spacial score (nSPS) is 22.4. The summed E-state index contributed by atoms with van der Waals surface area (Å²) in [5, 5.41) is 9.31. The van der Waals surface area contributed by atoms with Gasteiger partial charge in [0.1, 0.15) is 6.54 Å². The van der Waals surface area contributed by atoms with Gasteiger partial charge in [-0.2, -0.15) is 4.58 Å². The van der Waals surface area contributed by atoms with E-state index < -0.39 is 48.5 Å². The van der Waals surface area contributed by atoms with Gasteiger partial charge in [0.15, 0.2) is 5.71 Å². The van der Waals surface area contributed by atoms with Gasteiger partial charge >= 0.3 is 5.97 Å². The predicted octanol–water partition coefficient (Wildman–Crippen LogP) is 4.80. The number of rotatable bonds is 15. The SMILES string of the molecule is CCN1/C(=C/C=C/C2=[N+](CCCS(=O)(=O)[O-])c3ccccc3C2(C)CCCS(=O)(=O)[O-])C(C)(CCCC(=O)O)c2ccccc21. The Labute approximate surface area is 266 Å². The van der Waals surface area contributed by atoms with Crippen molar-refractivity contribution < 1.29 is 40.4 Å². The van der Waals surface area contributed by atoms with Gasteiger partial charge in [0, 0.05) is 65.4 Å². The number of fused-ring (bicyclic) bond motifs is 2. The Morgan fingerprint density at radius 1 is 0.889 bits per heavy atom. The first-order chi connectivity index (χ1) is 21.1. The average Bonchev–Trinajstić information content (AvgIpc) is 3.33. The number of benzene rings is 2. The van der Waals surface area contributed by atoms with Crippen molar-refractivity contribution in [3.05, 3.63) is 83.6 Å². The maximum Gasteiger partial charge on any atom is 0.303 e. The van der Waals surface area contributed by atoms with E-state index in [1.54, 1.807) is 0 Å². The predicted molar refractivity (Wildman–Crippen MR) is 172 cm³/mol. The monoisotopic (exact) mass is 657 g/mol.